The first-order valence-corrected chi connectivity index (χ1v) is 6.97. The van der Waals surface area contributed by atoms with Crippen LogP contribution in [0.3, 0.4) is 0 Å². The lowest BCUT2D eigenvalue weighted by molar-refractivity contribution is -0.137. The predicted molar refractivity (Wildman–Crippen MR) is 73.8 cm³/mol. The Bertz CT molecular complexity index is 691. The highest BCUT2D eigenvalue weighted by atomic mass is 19.4. The van der Waals surface area contributed by atoms with Crippen LogP contribution >= 0.6 is 0 Å². The van der Waals surface area contributed by atoms with Crippen LogP contribution in [0, 0.1) is 11.6 Å². The van der Waals surface area contributed by atoms with Gasteiger partial charge in [-0.3, -0.25) is 0 Å². The fourth-order valence-corrected chi connectivity index (χ4v) is 2.55. The van der Waals surface area contributed by atoms with Gasteiger partial charge < -0.3 is 5.11 Å². The number of aromatic hydroxyl groups is 1. The largest absolute Gasteiger partial charge is 0.505 e. The van der Waals surface area contributed by atoms with Gasteiger partial charge in [0.15, 0.2) is 11.6 Å². The summed E-state index contributed by atoms with van der Waals surface area (Å²) in [6.07, 6.45) is -2.54. The smallest absolute Gasteiger partial charge is 0.417 e. The standard InChI is InChI=1S/C16H15F5O/c1-2-3-4-5-9-6-7-10-8-11(22)14(17)15(18)12(10)13(9)16(19,20)21/h6-8,22H,2-5H2,1H3. The molecule has 0 aliphatic carbocycles. The molecule has 0 unspecified atom stereocenters. The molecule has 0 atom stereocenters. The Labute approximate surface area is 124 Å². The van der Waals surface area contributed by atoms with Crippen LogP contribution in [0.4, 0.5) is 22.0 Å². The van der Waals surface area contributed by atoms with Crippen molar-refractivity contribution in [1.82, 2.24) is 0 Å². The number of unbranched alkanes of at least 4 members (excludes halogenated alkanes) is 2. The molecule has 0 fully saturated rings. The van der Waals surface area contributed by atoms with Crippen LogP contribution < -0.4 is 0 Å². The zero-order chi connectivity index (χ0) is 16.5. The Morgan fingerprint density at radius 3 is 2.32 bits per heavy atom. The summed E-state index contributed by atoms with van der Waals surface area (Å²) in [6, 6.07) is 3.34. The first-order chi connectivity index (χ1) is 10.3. The summed E-state index contributed by atoms with van der Waals surface area (Å²) in [5, 5.41) is 8.24. The molecule has 1 nitrogen and oxygen atoms in total. The molecular formula is C16H15F5O. The van der Waals surface area contributed by atoms with Crippen molar-refractivity contribution in [1.29, 1.82) is 0 Å². The minimum atomic E-state index is -4.80. The van der Waals surface area contributed by atoms with E-state index < -0.39 is 34.5 Å². The van der Waals surface area contributed by atoms with Gasteiger partial charge in [-0.25, -0.2) is 4.39 Å². The van der Waals surface area contributed by atoms with Crippen molar-refractivity contribution in [2.75, 3.05) is 0 Å². The summed E-state index contributed by atoms with van der Waals surface area (Å²) >= 11 is 0. The number of fused-ring (bicyclic) bond motifs is 1. The molecule has 22 heavy (non-hydrogen) atoms. The molecule has 1 N–H and O–H groups in total. The Morgan fingerprint density at radius 2 is 1.73 bits per heavy atom. The van der Waals surface area contributed by atoms with Gasteiger partial charge >= 0.3 is 6.18 Å². The van der Waals surface area contributed by atoms with Gasteiger partial charge in [0.1, 0.15) is 0 Å². The maximum Gasteiger partial charge on any atom is 0.417 e. The van der Waals surface area contributed by atoms with Crippen LogP contribution in [0.15, 0.2) is 18.2 Å². The van der Waals surface area contributed by atoms with Crippen LogP contribution in [0.2, 0.25) is 0 Å². The molecule has 0 amide bonds. The topological polar surface area (TPSA) is 20.2 Å². The average molecular weight is 318 g/mol. The summed E-state index contributed by atoms with van der Waals surface area (Å²) in [5.41, 5.74) is -1.21. The van der Waals surface area contributed by atoms with Crippen molar-refractivity contribution in [3.05, 3.63) is 41.0 Å². The zero-order valence-corrected chi connectivity index (χ0v) is 11.9. The molecular weight excluding hydrogens is 303 g/mol. The number of phenols is 1. The van der Waals surface area contributed by atoms with Crippen molar-refractivity contribution in [2.24, 2.45) is 0 Å². The first-order valence-electron chi connectivity index (χ1n) is 6.97. The van der Waals surface area contributed by atoms with E-state index in [2.05, 4.69) is 0 Å². The SMILES string of the molecule is CCCCCc1ccc2cc(O)c(F)c(F)c2c1C(F)(F)F. The fraction of sp³-hybridized carbons (Fsp3) is 0.375. The minimum absolute atomic E-state index is 0.0579. The molecule has 0 aromatic heterocycles. The molecule has 0 aliphatic rings. The molecule has 2 rings (SSSR count). The van der Waals surface area contributed by atoms with Crippen molar-refractivity contribution in [3.8, 4) is 5.75 Å². The van der Waals surface area contributed by atoms with Gasteiger partial charge in [-0.15, -0.1) is 0 Å². The number of benzene rings is 2. The molecule has 0 saturated heterocycles. The summed E-state index contributed by atoms with van der Waals surface area (Å²) in [4.78, 5) is 0. The third-order valence-electron chi connectivity index (χ3n) is 3.59. The number of rotatable bonds is 4. The van der Waals surface area contributed by atoms with Crippen LogP contribution in [0.1, 0.15) is 37.3 Å². The molecule has 120 valence electrons. The van der Waals surface area contributed by atoms with E-state index in [-0.39, 0.29) is 17.4 Å². The molecule has 0 aliphatic heterocycles. The molecule has 0 saturated carbocycles. The average Bonchev–Trinajstić information content (AvgIpc) is 2.44. The second kappa shape index (κ2) is 6.10. The number of hydrogen-bond acceptors (Lipinski definition) is 1. The fourth-order valence-electron chi connectivity index (χ4n) is 2.55. The van der Waals surface area contributed by atoms with Gasteiger partial charge in [0, 0.05) is 5.39 Å². The quantitative estimate of drug-likeness (QED) is 0.577. The van der Waals surface area contributed by atoms with E-state index in [1.165, 1.54) is 12.1 Å². The third-order valence-corrected chi connectivity index (χ3v) is 3.59. The van der Waals surface area contributed by atoms with E-state index >= 15 is 0 Å². The van der Waals surface area contributed by atoms with E-state index in [4.69, 9.17) is 0 Å². The number of hydrogen-bond donors (Lipinski definition) is 1. The van der Waals surface area contributed by atoms with Crippen LogP contribution in [-0.4, -0.2) is 5.11 Å². The van der Waals surface area contributed by atoms with Crippen LogP contribution in [0.25, 0.3) is 10.8 Å². The Hall–Kier alpha value is -1.85. The molecule has 0 heterocycles. The van der Waals surface area contributed by atoms with Crippen molar-refractivity contribution in [3.63, 3.8) is 0 Å². The molecule has 2 aromatic carbocycles. The maximum absolute atomic E-state index is 14.0. The summed E-state index contributed by atoms with van der Waals surface area (Å²) in [7, 11) is 0. The lowest BCUT2D eigenvalue weighted by atomic mass is 9.94. The van der Waals surface area contributed by atoms with Crippen molar-refractivity contribution in [2.45, 2.75) is 38.8 Å². The summed E-state index contributed by atoms with van der Waals surface area (Å²) < 4.78 is 67.5. The highest BCUT2D eigenvalue weighted by Gasteiger charge is 2.37. The molecule has 6 heteroatoms. The lowest BCUT2D eigenvalue weighted by Gasteiger charge is -2.17. The third kappa shape index (κ3) is 3.00. The molecule has 0 bridgehead atoms. The van der Waals surface area contributed by atoms with E-state index in [1.807, 2.05) is 6.92 Å². The molecule has 0 radical (unpaired) electrons. The van der Waals surface area contributed by atoms with Crippen LogP contribution in [0.5, 0.6) is 5.75 Å². The van der Waals surface area contributed by atoms with Crippen molar-refractivity contribution >= 4 is 10.8 Å². The normalized spacial score (nSPS) is 12.1. The molecule has 0 spiro atoms. The van der Waals surface area contributed by atoms with E-state index in [0.29, 0.717) is 6.42 Å². The number of phenolic OH excluding ortho intramolecular Hbond substituents is 1. The Balaban J connectivity index is 2.72. The van der Waals surface area contributed by atoms with Gasteiger partial charge in [0.25, 0.3) is 0 Å². The highest BCUT2D eigenvalue weighted by Crippen LogP contribution is 2.41. The Morgan fingerprint density at radius 1 is 1.05 bits per heavy atom. The molecule has 2 aromatic rings. The first kappa shape index (κ1) is 16.5. The van der Waals surface area contributed by atoms with Gasteiger partial charge in [0.05, 0.1) is 5.56 Å². The van der Waals surface area contributed by atoms with Gasteiger partial charge in [-0.05, 0) is 29.9 Å². The minimum Gasteiger partial charge on any atom is -0.505 e. The predicted octanol–water partition coefficient (Wildman–Crippen LogP) is 5.58. The van der Waals surface area contributed by atoms with E-state index in [0.717, 1.165) is 18.9 Å². The van der Waals surface area contributed by atoms with Crippen LogP contribution in [-0.2, 0) is 12.6 Å². The number of halogens is 5. The Kier molecular flexibility index (Phi) is 4.58. The zero-order valence-electron chi connectivity index (χ0n) is 11.9. The second-order valence-corrected chi connectivity index (χ2v) is 5.18. The summed E-state index contributed by atoms with van der Waals surface area (Å²) in [5.74, 6) is -4.33. The van der Waals surface area contributed by atoms with Gasteiger partial charge in [0.2, 0.25) is 5.82 Å². The van der Waals surface area contributed by atoms with Gasteiger partial charge in [-0.1, -0.05) is 31.9 Å². The number of aryl methyl sites for hydroxylation is 1. The highest BCUT2D eigenvalue weighted by molar-refractivity contribution is 5.89. The van der Waals surface area contributed by atoms with E-state index in [1.54, 1.807) is 0 Å². The maximum atomic E-state index is 14.0. The monoisotopic (exact) mass is 318 g/mol. The lowest BCUT2D eigenvalue weighted by Crippen LogP contribution is -2.12. The summed E-state index contributed by atoms with van der Waals surface area (Å²) in [6.45, 7) is 1.92. The van der Waals surface area contributed by atoms with Gasteiger partial charge in [-0.2, -0.15) is 17.6 Å². The second-order valence-electron chi connectivity index (χ2n) is 5.18. The number of alkyl halides is 3. The van der Waals surface area contributed by atoms with E-state index in [9.17, 15) is 27.1 Å². The van der Waals surface area contributed by atoms with Crippen molar-refractivity contribution < 1.29 is 27.1 Å².